The van der Waals surface area contributed by atoms with Gasteiger partial charge in [-0.05, 0) is 53.8 Å². The van der Waals surface area contributed by atoms with Crippen molar-refractivity contribution in [2.45, 2.75) is 33.2 Å². The van der Waals surface area contributed by atoms with Gasteiger partial charge in [-0.25, -0.2) is 4.39 Å². The molecule has 182 valence electrons. The van der Waals surface area contributed by atoms with E-state index in [1.165, 1.54) is 34.1 Å². The second kappa shape index (κ2) is 10.8. The van der Waals surface area contributed by atoms with Crippen LogP contribution in [0.25, 0.3) is 5.76 Å². The predicted molar refractivity (Wildman–Crippen MR) is 127 cm³/mol. The molecule has 1 amide bonds. The third kappa shape index (κ3) is 5.65. The zero-order chi connectivity index (χ0) is 25.0. The summed E-state index contributed by atoms with van der Waals surface area (Å²) in [5.41, 5.74) is 1.45. The Labute approximate surface area is 200 Å². The first-order valence-electron chi connectivity index (χ1n) is 11.6. The number of benzene rings is 2. The Bertz CT molecular complexity index is 1080. The number of rotatable bonds is 9. The number of carbonyl (C=O) groups is 2. The highest BCUT2D eigenvalue weighted by atomic mass is 19.1. The number of amides is 1. The second-order valence-corrected chi connectivity index (χ2v) is 9.52. The van der Waals surface area contributed by atoms with Gasteiger partial charge in [0.15, 0.2) is 0 Å². The van der Waals surface area contributed by atoms with Crippen molar-refractivity contribution >= 4 is 17.4 Å². The summed E-state index contributed by atoms with van der Waals surface area (Å²) in [4.78, 5) is 28.7. The zero-order valence-electron chi connectivity index (χ0n) is 20.5. The molecular formula is C27H33FN2O4. The molecule has 0 aromatic heterocycles. The van der Waals surface area contributed by atoms with Crippen LogP contribution in [0.2, 0.25) is 0 Å². The number of aryl methyl sites for hydroxylation is 1. The Hall–Kier alpha value is -3.19. The fraction of sp³-hybridized carbons (Fsp3) is 0.407. The van der Waals surface area contributed by atoms with Crippen molar-refractivity contribution in [1.29, 1.82) is 0 Å². The maximum atomic E-state index is 13.6. The van der Waals surface area contributed by atoms with Gasteiger partial charge in [-0.15, -0.1) is 0 Å². The molecule has 1 N–H and O–H groups in total. The van der Waals surface area contributed by atoms with Crippen LogP contribution in [0, 0.1) is 18.7 Å². The van der Waals surface area contributed by atoms with Crippen molar-refractivity contribution in [2.24, 2.45) is 5.92 Å². The van der Waals surface area contributed by atoms with Gasteiger partial charge in [0.2, 0.25) is 5.78 Å². The van der Waals surface area contributed by atoms with Crippen molar-refractivity contribution in [2.75, 3.05) is 33.8 Å². The number of nitrogens with one attached hydrogen (secondary N) is 1. The first-order valence-corrected chi connectivity index (χ1v) is 11.6. The summed E-state index contributed by atoms with van der Waals surface area (Å²) in [7, 11) is 4.01. The summed E-state index contributed by atoms with van der Waals surface area (Å²) in [5, 5.41) is 13.6. The molecule has 0 radical (unpaired) electrons. The fourth-order valence-corrected chi connectivity index (χ4v) is 4.08. The molecule has 0 aliphatic carbocycles. The summed E-state index contributed by atoms with van der Waals surface area (Å²) < 4.78 is 19.3. The van der Waals surface area contributed by atoms with Crippen LogP contribution < -0.4 is 14.7 Å². The number of Topliss-reactive ketones (excluding diaryl/α,β-unsaturated/α-hetero) is 1. The molecule has 2 aromatic carbocycles. The number of ketones is 1. The van der Waals surface area contributed by atoms with E-state index in [2.05, 4.69) is 0 Å². The standard InChI is InChI=1S/C27H33FN2O4/c1-17(2)16-34-21-11-12-22(18(3)15-21)25(31)23-24(19-7-9-20(28)10-8-19)30(27(33)26(23)32)14-6-13-29(4)5/h7-12,15,17,24,31H,6,13-14,16H2,1-5H3. The molecular weight excluding hydrogens is 435 g/mol. The Balaban J connectivity index is 2.04. The maximum Gasteiger partial charge on any atom is 0.295 e. The molecule has 1 aliphatic heterocycles. The highest BCUT2D eigenvalue weighted by Gasteiger charge is 2.44. The molecule has 7 heteroatoms. The van der Waals surface area contributed by atoms with Gasteiger partial charge in [0.25, 0.3) is 5.91 Å². The summed E-state index contributed by atoms with van der Waals surface area (Å²) >= 11 is 0. The first kappa shape index (κ1) is 25.4. The van der Waals surface area contributed by atoms with Crippen LogP contribution in [0.15, 0.2) is 48.0 Å². The third-order valence-corrected chi connectivity index (χ3v) is 5.82. The number of ether oxygens (including phenoxy) is 1. The lowest BCUT2D eigenvalue weighted by Crippen LogP contribution is -3.05. The van der Waals surface area contributed by atoms with Crippen LogP contribution in [-0.2, 0) is 9.59 Å². The van der Waals surface area contributed by atoms with E-state index in [-0.39, 0.29) is 5.57 Å². The highest BCUT2D eigenvalue weighted by Crippen LogP contribution is 2.39. The lowest BCUT2D eigenvalue weighted by atomic mass is 9.94. The smallest absolute Gasteiger partial charge is 0.295 e. The number of carbonyl (C=O) groups excluding carboxylic acids is 2. The minimum atomic E-state index is -0.846. The highest BCUT2D eigenvalue weighted by molar-refractivity contribution is 6.46. The van der Waals surface area contributed by atoms with E-state index >= 15 is 0 Å². The van der Waals surface area contributed by atoms with Crippen LogP contribution in [-0.4, -0.2) is 50.4 Å². The van der Waals surface area contributed by atoms with E-state index in [1.54, 1.807) is 25.1 Å². The average Bonchev–Trinajstić information content (AvgIpc) is 3.02. The summed E-state index contributed by atoms with van der Waals surface area (Å²) in [6.07, 6.45) is 0.668. The van der Waals surface area contributed by atoms with Gasteiger partial charge in [-0.2, -0.15) is 0 Å². The van der Waals surface area contributed by atoms with E-state index in [9.17, 15) is 19.1 Å². The lowest BCUT2D eigenvalue weighted by Gasteiger charge is -2.28. The van der Waals surface area contributed by atoms with Crippen molar-refractivity contribution in [3.8, 4) is 5.75 Å². The van der Waals surface area contributed by atoms with E-state index < -0.39 is 29.3 Å². The molecule has 3 rings (SSSR count). The SMILES string of the molecule is Cc1cc(OCC(C)C)ccc1C([O-])=C1C(=O)C(=O)N(CCC[NH+](C)C)C1c1ccc(F)cc1. The molecule has 1 aliphatic rings. The van der Waals surface area contributed by atoms with Crippen LogP contribution >= 0.6 is 0 Å². The van der Waals surface area contributed by atoms with E-state index in [1.807, 2.05) is 27.9 Å². The van der Waals surface area contributed by atoms with Crippen molar-refractivity contribution in [3.05, 3.63) is 70.5 Å². The van der Waals surface area contributed by atoms with E-state index in [0.717, 1.165) is 6.54 Å². The third-order valence-electron chi connectivity index (χ3n) is 5.82. The van der Waals surface area contributed by atoms with E-state index in [0.29, 0.717) is 47.9 Å². The Kier molecular flexibility index (Phi) is 8.10. The number of nitrogens with zero attached hydrogens (tertiary/aromatic N) is 1. The first-order chi connectivity index (χ1) is 16.1. The molecule has 0 saturated carbocycles. The van der Waals surface area contributed by atoms with Gasteiger partial charge >= 0.3 is 0 Å². The van der Waals surface area contributed by atoms with Crippen LogP contribution in [0.3, 0.4) is 0 Å². The van der Waals surface area contributed by atoms with Gasteiger partial charge < -0.3 is 19.6 Å². The quantitative estimate of drug-likeness (QED) is 0.347. The number of hydrogen-bond acceptors (Lipinski definition) is 4. The van der Waals surface area contributed by atoms with Gasteiger partial charge in [-0.1, -0.05) is 37.8 Å². The summed E-state index contributed by atoms with van der Waals surface area (Å²) in [5.74, 6) is -1.40. The zero-order valence-corrected chi connectivity index (χ0v) is 20.5. The van der Waals surface area contributed by atoms with Crippen LogP contribution in [0.4, 0.5) is 4.39 Å². The number of quaternary nitrogens is 1. The number of halogens is 1. The second-order valence-electron chi connectivity index (χ2n) is 9.52. The number of likely N-dealkylation sites (tertiary alicyclic amines) is 1. The van der Waals surface area contributed by atoms with Gasteiger partial charge in [0, 0.05) is 18.5 Å². The maximum absolute atomic E-state index is 13.6. The molecule has 1 heterocycles. The van der Waals surface area contributed by atoms with E-state index in [4.69, 9.17) is 4.74 Å². The molecule has 1 atom stereocenters. The predicted octanol–water partition coefficient (Wildman–Crippen LogP) is 1.93. The molecule has 1 saturated heterocycles. The minimum absolute atomic E-state index is 0.0900. The minimum Gasteiger partial charge on any atom is -0.872 e. The average molecular weight is 469 g/mol. The van der Waals surface area contributed by atoms with Crippen molar-refractivity contribution < 1.29 is 28.7 Å². The molecule has 0 bridgehead atoms. The van der Waals surface area contributed by atoms with Gasteiger partial charge in [-0.3, -0.25) is 9.59 Å². The molecule has 6 nitrogen and oxygen atoms in total. The Morgan fingerprint density at radius 3 is 2.41 bits per heavy atom. The fourth-order valence-electron chi connectivity index (χ4n) is 4.08. The van der Waals surface area contributed by atoms with Gasteiger partial charge in [0.05, 0.1) is 33.3 Å². The molecule has 1 unspecified atom stereocenters. The summed E-state index contributed by atoms with van der Waals surface area (Å²) in [6, 6.07) is 9.87. The Morgan fingerprint density at radius 1 is 1.15 bits per heavy atom. The van der Waals surface area contributed by atoms with Crippen LogP contribution in [0.5, 0.6) is 5.75 Å². The monoisotopic (exact) mass is 468 g/mol. The normalized spacial score (nSPS) is 17.8. The van der Waals surface area contributed by atoms with Gasteiger partial charge in [0.1, 0.15) is 11.6 Å². The molecule has 34 heavy (non-hydrogen) atoms. The van der Waals surface area contributed by atoms with Crippen LogP contribution in [0.1, 0.15) is 43.0 Å². The number of hydrogen-bond donors (Lipinski definition) is 1. The molecule has 2 aromatic rings. The largest absolute Gasteiger partial charge is 0.872 e. The Morgan fingerprint density at radius 2 is 1.82 bits per heavy atom. The summed E-state index contributed by atoms with van der Waals surface area (Å²) in [6.45, 7) is 7.55. The lowest BCUT2D eigenvalue weighted by molar-refractivity contribution is -0.858. The topological polar surface area (TPSA) is 74.1 Å². The van der Waals surface area contributed by atoms with Crippen molar-refractivity contribution in [1.82, 2.24) is 4.90 Å². The molecule has 1 fully saturated rings. The molecule has 0 spiro atoms. The van der Waals surface area contributed by atoms with Crippen molar-refractivity contribution in [3.63, 3.8) is 0 Å².